The van der Waals surface area contributed by atoms with Crippen molar-refractivity contribution in [3.63, 3.8) is 0 Å². The maximum atomic E-state index is 13.0. The van der Waals surface area contributed by atoms with E-state index in [9.17, 15) is 15.0 Å². The van der Waals surface area contributed by atoms with Crippen molar-refractivity contribution in [2.75, 3.05) is 44.1 Å². The molecule has 2 atom stereocenters. The van der Waals surface area contributed by atoms with Gasteiger partial charge in [-0.15, -0.1) is 0 Å². The Balaban J connectivity index is 1.84. The lowest BCUT2D eigenvalue weighted by Crippen LogP contribution is -2.45. The number of pyridine rings is 1. The van der Waals surface area contributed by atoms with Gasteiger partial charge in [0.25, 0.3) is 5.91 Å². The number of ether oxygens (including phenoxy) is 2. The molecule has 0 radical (unpaired) electrons. The molecule has 0 spiro atoms. The molecule has 150 valence electrons. The number of anilines is 2. The van der Waals surface area contributed by atoms with Crippen LogP contribution >= 0.6 is 0 Å². The zero-order valence-corrected chi connectivity index (χ0v) is 16.0. The van der Waals surface area contributed by atoms with Crippen LogP contribution in [0.1, 0.15) is 16.8 Å². The summed E-state index contributed by atoms with van der Waals surface area (Å²) in [5.41, 5.74) is 0.929. The summed E-state index contributed by atoms with van der Waals surface area (Å²) in [5, 5.41) is 22.3. The number of piperidine rings is 1. The van der Waals surface area contributed by atoms with Gasteiger partial charge in [-0.1, -0.05) is 0 Å². The molecule has 1 aliphatic heterocycles. The average Bonchev–Trinajstić information content (AvgIpc) is 2.74. The van der Waals surface area contributed by atoms with Gasteiger partial charge in [0, 0.05) is 31.3 Å². The number of carbonyl (C=O) groups is 1. The Morgan fingerprint density at radius 2 is 2.14 bits per heavy atom. The van der Waals surface area contributed by atoms with Crippen molar-refractivity contribution in [2.24, 2.45) is 5.92 Å². The predicted octanol–water partition coefficient (Wildman–Crippen LogP) is 1.53. The first kappa shape index (κ1) is 19.9. The van der Waals surface area contributed by atoms with Crippen LogP contribution in [0.5, 0.6) is 11.5 Å². The van der Waals surface area contributed by atoms with Crippen LogP contribution in [-0.2, 0) is 0 Å². The van der Waals surface area contributed by atoms with Crippen LogP contribution in [0.3, 0.4) is 0 Å². The molecule has 0 bridgehead atoms. The third-order valence-electron chi connectivity index (χ3n) is 4.92. The van der Waals surface area contributed by atoms with Crippen molar-refractivity contribution in [1.29, 1.82) is 0 Å². The maximum absolute atomic E-state index is 13.0. The van der Waals surface area contributed by atoms with E-state index in [1.165, 1.54) is 7.11 Å². The van der Waals surface area contributed by atoms with Crippen LogP contribution in [0.25, 0.3) is 0 Å². The van der Waals surface area contributed by atoms with Gasteiger partial charge in [-0.25, -0.2) is 4.98 Å². The normalized spacial score (nSPS) is 19.2. The van der Waals surface area contributed by atoms with Gasteiger partial charge in [0.05, 0.1) is 38.2 Å². The predicted molar refractivity (Wildman–Crippen MR) is 105 cm³/mol. The molecule has 0 aliphatic carbocycles. The summed E-state index contributed by atoms with van der Waals surface area (Å²) in [5.74, 6) is 1.04. The number of aliphatic hydroxyl groups is 2. The van der Waals surface area contributed by atoms with Gasteiger partial charge in [-0.2, -0.15) is 0 Å². The van der Waals surface area contributed by atoms with Crippen LogP contribution in [0, 0.1) is 5.92 Å². The van der Waals surface area contributed by atoms with Gasteiger partial charge in [-0.3, -0.25) is 4.79 Å². The second-order valence-corrected chi connectivity index (χ2v) is 6.64. The minimum atomic E-state index is -0.550. The van der Waals surface area contributed by atoms with Gasteiger partial charge < -0.3 is 29.9 Å². The fraction of sp³-hybridized carbons (Fsp3) is 0.400. The van der Waals surface area contributed by atoms with E-state index in [2.05, 4.69) is 10.3 Å². The lowest BCUT2D eigenvalue weighted by atomic mass is 9.95. The van der Waals surface area contributed by atoms with Crippen LogP contribution in [-0.4, -0.2) is 61.1 Å². The van der Waals surface area contributed by atoms with Crippen molar-refractivity contribution in [3.05, 3.63) is 42.1 Å². The molecule has 8 nitrogen and oxygen atoms in total. The Morgan fingerprint density at radius 1 is 1.32 bits per heavy atom. The summed E-state index contributed by atoms with van der Waals surface area (Å²) in [4.78, 5) is 19.3. The minimum Gasteiger partial charge on any atom is -0.497 e. The molecule has 1 aromatic heterocycles. The molecule has 1 aromatic carbocycles. The first-order valence-corrected chi connectivity index (χ1v) is 9.09. The Hall–Kier alpha value is -2.84. The van der Waals surface area contributed by atoms with Gasteiger partial charge in [0.2, 0.25) is 0 Å². The van der Waals surface area contributed by atoms with Crippen molar-refractivity contribution in [2.45, 2.75) is 12.5 Å². The first-order valence-electron chi connectivity index (χ1n) is 9.09. The number of aromatic nitrogens is 1. The van der Waals surface area contributed by atoms with Crippen LogP contribution in [0.4, 0.5) is 11.5 Å². The molecule has 1 amide bonds. The molecule has 1 aliphatic rings. The summed E-state index contributed by atoms with van der Waals surface area (Å²) in [6.45, 7) is 0.872. The fourth-order valence-corrected chi connectivity index (χ4v) is 3.31. The van der Waals surface area contributed by atoms with E-state index in [0.29, 0.717) is 48.1 Å². The topological polar surface area (TPSA) is 104 Å². The average molecular weight is 387 g/mol. The van der Waals surface area contributed by atoms with Crippen molar-refractivity contribution < 1.29 is 24.5 Å². The number of amides is 1. The highest BCUT2D eigenvalue weighted by molar-refractivity contribution is 6.08. The number of nitrogens with one attached hydrogen (secondary N) is 1. The molecular weight excluding hydrogens is 362 g/mol. The molecule has 0 unspecified atom stereocenters. The molecular formula is C20H25N3O5. The van der Waals surface area contributed by atoms with Crippen molar-refractivity contribution >= 4 is 17.4 Å². The highest BCUT2D eigenvalue weighted by Gasteiger charge is 2.30. The zero-order chi connectivity index (χ0) is 20.1. The number of hydrogen-bond acceptors (Lipinski definition) is 7. The Morgan fingerprint density at radius 3 is 2.86 bits per heavy atom. The quantitative estimate of drug-likeness (QED) is 0.690. The Bertz CT molecular complexity index is 829. The number of benzene rings is 1. The van der Waals surface area contributed by atoms with Crippen LogP contribution in [0.15, 0.2) is 36.5 Å². The molecule has 1 saturated heterocycles. The highest BCUT2D eigenvalue weighted by Crippen LogP contribution is 2.30. The second-order valence-electron chi connectivity index (χ2n) is 6.64. The van der Waals surface area contributed by atoms with Crippen molar-refractivity contribution in [1.82, 2.24) is 4.98 Å². The zero-order valence-electron chi connectivity index (χ0n) is 16.0. The molecule has 28 heavy (non-hydrogen) atoms. The van der Waals surface area contributed by atoms with E-state index in [-0.39, 0.29) is 18.4 Å². The number of nitrogens with zero attached hydrogens (tertiary/aromatic N) is 2. The van der Waals surface area contributed by atoms with E-state index in [1.54, 1.807) is 43.6 Å². The molecule has 2 heterocycles. The smallest absolute Gasteiger partial charge is 0.259 e. The third kappa shape index (κ3) is 4.18. The monoisotopic (exact) mass is 387 g/mol. The van der Waals surface area contributed by atoms with Gasteiger partial charge in [0.1, 0.15) is 17.3 Å². The lowest BCUT2D eigenvalue weighted by molar-refractivity contribution is 0.0523. The van der Waals surface area contributed by atoms with E-state index >= 15 is 0 Å². The molecule has 1 fully saturated rings. The minimum absolute atomic E-state index is 0.116. The molecule has 3 rings (SSSR count). The summed E-state index contributed by atoms with van der Waals surface area (Å²) in [7, 11) is 3.08. The van der Waals surface area contributed by atoms with E-state index < -0.39 is 6.10 Å². The van der Waals surface area contributed by atoms with Crippen molar-refractivity contribution in [3.8, 4) is 11.5 Å². The van der Waals surface area contributed by atoms with E-state index in [0.717, 1.165) is 0 Å². The summed E-state index contributed by atoms with van der Waals surface area (Å²) in [6.07, 6.45) is 1.58. The molecule has 3 N–H and O–H groups in total. The maximum Gasteiger partial charge on any atom is 0.259 e. The standard InChI is InChI=1S/C20H25N3O5/c1-27-14-5-6-16(18(10-14)28-2)22-20(26)15-4-3-8-21-19(15)23-9-7-17(25)13(11-23)12-24/h3-6,8,10,13,17,24-25H,7,9,11-12H2,1-2H3,(H,22,26)/t13-,17-/m1/s1. The number of aliphatic hydroxyl groups excluding tert-OH is 2. The Labute approximate surface area is 163 Å². The Kier molecular flexibility index (Phi) is 6.33. The van der Waals surface area contributed by atoms with E-state index in [1.807, 2.05) is 4.90 Å². The van der Waals surface area contributed by atoms with Crippen LogP contribution in [0.2, 0.25) is 0 Å². The fourth-order valence-electron chi connectivity index (χ4n) is 3.31. The molecule has 0 saturated carbocycles. The first-order chi connectivity index (χ1) is 13.6. The highest BCUT2D eigenvalue weighted by atomic mass is 16.5. The van der Waals surface area contributed by atoms with Gasteiger partial charge in [-0.05, 0) is 30.7 Å². The summed E-state index contributed by atoms with van der Waals surface area (Å²) < 4.78 is 10.5. The van der Waals surface area contributed by atoms with Gasteiger partial charge >= 0.3 is 0 Å². The number of methoxy groups -OCH3 is 2. The van der Waals surface area contributed by atoms with Gasteiger partial charge in [0.15, 0.2) is 0 Å². The van der Waals surface area contributed by atoms with E-state index in [4.69, 9.17) is 9.47 Å². The second kappa shape index (κ2) is 8.90. The summed E-state index contributed by atoms with van der Waals surface area (Å²) in [6, 6.07) is 8.54. The number of carbonyl (C=O) groups excluding carboxylic acids is 1. The SMILES string of the molecule is COc1ccc(NC(=O)c2cccnc2N2CC[C@@H](O)[C@@H](CO)C2)c(OC)c1. The molecule has 8 heteroatoms. The third-order valence-corrected chi connectivity index (χ3v) is 4.92. The number of rotatable bonds is 6. The summed E-state index contributed by atoms with van der Waals surface area (Å²) >= 11 is 0. The largest absolute Gasteiger partial charge is 0.497 e. The van der Waals surface area contributed by atoms with Crippen LogP contribution < -0.4 is 19.7 Å². The lowest BCUT2D eigenvalue weighted by Gasteiger charge is -2.36. The number of hydrogen-bond donors (Lipinski definition) is 3. The molecule has 2 aromatic rings.